The number of likely N-dealkylation sites (tertiary alicyclic amines) is 1. The molecule has 1 saturated heterocycles. The molecule has 1 fully saturated rings. The fourth-order valence-electron chi connectivity index (χ4n) is 2.95. The second-order valence-electron chi connectivity index (χ2n) is 6.24. The number of hydrogen-bond donors (Lipinski definition) is 0. The van der Waals surface area contributed by atoms with E-state index in [1.807, 2.05) is 0 Å². The Hall–Kier alpha value is -2.15. The first-order chi connectivity index (χ1) is 11.3. The lowest BCUT2D eigenvalue weighted by Crippen LogP contribution is -2.44. The highest BCUT2D eigenvalue weighted by atomic mass is 35.5. The fraction of sp³-hybridized carbons (Fsp3) is 0.500. The number of nitro groups is 1. The molecule has 130 valence electrons. The summed E-state index contributed by atoms with van der Waals surface area (Å²) in [5, 5.41) is 10.8. The topological polar surface area (TPSA) is 89.8 Å². The number of carbonyl (C=O) groups is 2. The van der Waals surface area contributed by atoms with Crippen molar-refractivity contribution < 1.29 is 19.2 Å². The van der Waals surface area contributed by atoms with Gasteiger partial charge in [0.25, 0.3) is 11.6 Å². The molecule has 8 heteroatoms. The van der Waals surface area contributed by atoms with Crippen molar-refractivity contribution in [2.45, 2.75) is 20.3 Å². The summed E-state index contributed by atoms with van der Waals surface area (Å²) in [5.74, 6) is -0.230. The quantitative estimate of drug-likeness (QED) is 0.471. The third-order valence-corrected chi connectivity index (χ3v) is 4.25. The van der Waals surface area contributed by atoms with Crippen molar-refractivity contribution in [2.75, 3.05) is 19.7 Å². The number of amides is 1. The molecule has 0 aliphatic carbocycles. The van der Waals surface area contributed by atoms with Gasteiger partial charge < -0.3 is 9.64 Å². The highest BCUT2D eigenvalue weighted by Gasteiger charge is 2.26. The Bertz CT molecular complexity index is 654. The molecule has 1 aromatic rings. The number of hydrogen-bond acceptors (Lipinski definition) is 5. The van der Waals surface area contributed by atoms with Crippen LogP contribution >= 0.6 is 11.6 Å². The highest BCUT2D eigenvalue weighted by molar-refractivity contribution is 6.32. The number of piperidine rings is 1. The van der Waals surface area contributed by atoms with Crippen molar-refractivity contribution >= 4 is 29.2 Å². The van der Waals surface area contributed by atoms with Gasteiger partial charge in [-0.2, -0.15) is 0 Å². The Morgan fingerprint density at radius 2 is 1.96 bits per heavy atom. The molecule has 2 atom stereocenters. The molecule has 0 aromatic heterocycles. The molecule has 1 amide bonds. The number of nitrogens with zero attached hydrogens (tertiary/aromatic N) is 2. The monoisotopic (exact) mass is 354 g/mol. The van der Waals surface area contributed by atoms with Crippen molar-refractivity contribution in [3.8, 4) is 0 Å². The van der Waals surface area contributed by atoms with Gasteiger partial charge in [0.15, 0.2) is 6.61 Å². The molecule has 0 N–H and O–H groups in total. The standard InChI is InChI=1S/C16H19ClN2O5/c1-10-5-11(2)8-18(7-10)15(20)9-24-16(21)12-3-4-13(17)14(6-12)19(22)23/h3-4,6,10-11H,5,7-9H2,1-2H3/t10-,11+. The van der Waals surface area contributed by atoms with Crippen LogP contribution in [-0.4, -0.2) is 41.4 Å². The van der Waals surface area contributed by atoms with Gasteiger partial charge in [-0.25, -0.2) is 4.79 Å². The van der Waals surface area contributed by atoms with E-state index in [4.69, 9.17) is 16.3 Å². The molecular weight excluding hydrogens is 336 g/mol. The van der Waals surface area contributed by atoms with Crippen molar-refractivity contribution in [2.24, 2.45) is 11.8 Å². The summed E-state index contributed by atoms with van der Waals surface area (Å²) in [7, 11) is 0. The average molecular weight is 355 g/mol. The van der Waals surface area contributed by atoms with E-state index in [9.17, 15) is 19.7 Å². The van der Waals surface area contributed by atoms with Crippen molar-refractivity contribution in [3.05, 3.63) is 38.9 Å². The van der Waals surface area contributed by atoms with Gasteiger partial charge in [-0.15, -0.1) is 0 Å². The third-order valence-electron chi connectivity index (χ3n) is 3.93. The summed E-state index contributed by atoms with van der Waals surface area (Å²) in [6, 6.07) is 3.62. The van der Waals surface area contributed by atoms with Gasteiger partial charge in [-0.1, -0.05) is 25.4 Å². The van der Waals surface area contributed by atoms with E-state index in [-0.39, 0.29) is 28.8 Å². The molecule has 0 saturated carbocycles. The average Bonchev–Trinajstić information content (AvgIpc) is 2.51. The van der Waals surface area contributed by atoms with Crippen LogP contribution in [0.25, 0.3) is 0 Å². The van der Waals surface area contributed by atoms with Crippen LogP contribution < -0.4 is 0 Å². The molecule has 0 radical (unpaired) electrons. The molecule has 1 heterocycles. The molecule has 1 aliphatic rings. The summed E-state index contributed by atoms with van der Waals surface area (Å²) in [5.41, 5.74) is -0.393. The highest BCUT2D eigenvalue weighted by Crippen LogP contribution is 2.25. The second kappa shape index (κ2) is 7.61. The maximum Gasteiger partial charge on any atom is 0.338 e. The molecule has 7 nitrogen and oxygen atoms in total. The molecule has 0 unspecified atom stereocenters. The zero-order chi connectivity index (χ0) is 17.9. The molecule has 1 aliphatic heterocycles. The van der Waals surface area contributed by atoms with Crippen LogP contribution in [0.15, 0.2) is 18.2 Å². The van der Waals surface area contributed by atoms with Crippen LogP contribution in [0, 0.1) is 22.0 Å². The zero-order valence-electron chi connectivity index (χ0n) is 13.5. The van der Waals surface area contributed by atoms with E-state index >= 15 is 0 Å². The smallest absolute Gasteiger partial charge is 0.338 e. The van der Waals surface area contributed by atoms with Crippen LogP contribution in [0.3, 0.4) is 0 Å². The number of nitro benzene ring substituents is 1. The van der Waals surface area contributed by atoms with E-state index < -0.39 is 10.9 Å². The SMILES string of the molecule is C[C@@H]1C[C@H](C)CN(C(=O)COC(=O)c2ccc(Cl)c([N+](=O)[O-])c2)C1. The Balaban J connectivity index is 1.96. The minimum atomic E-state index is -0.791. The lowest BCUT2D eigenvalue weighted by molar-refractivity contribution is -0.384. The van der Waals surface area contributed by atoms with Gasteiger partial charge in [0.05, 0.1) is 10.5 Å². The summed E-state index contributed by atoms with van der Waals surface area (Å²) >= 11 is 5.70. The zero-order valence-corrected chi connectivity index (χ0v) is 14.3. The van der Waals surface area contributed by atoms with Gasteiger partial charge >= 0.3 is 5.97 Å². The van der Waals surface area contributed by atoms with E-state index in [0.29, 0.717) is 24.9 Å². The Morgan fingerprint density at radius 1 is 1.33 bits per heavy atom. The largest absolute Gasteiger partial charge is 0.452 e. The summed E-state index contributed by atoms with van der Waals surface area (Å²) < 4.78 is 4.99. The first-order valence-corrected chi connectivity index (χ1v) is 8.04. The number of benzene rings is 1. The summed E-state index contributed by atoms with van der Waals surface area (Å²) in [6.45, 7) is 5.07. The van der Waals surface area contributed by atoms with Gasteiger partial charge in [-0.05, 0) is 30.4 Å². The predicted molar refractivity (Wildman–Crippen MR) is 87.9 cm³/mol. The summed E-state index contributed by atoms with van der Waals surface area (Å²) in [6.07, 6.45) is 1.07. The van der Waals surface area contributed by atoms with E-state index in [2.05, 4.69) is 13.8 Å². The van der Waals surface area contributed by atoms with Gasteiger partial charge in [0, 0.05) is 19.2 Å². The number of halogens is 1. The summed E-state index contributed by atoms with van der Waals surface area (Å²) in [4.78, 5) is 36.0. The van der Waals surface area contributed by atoms with Gasteiger partial charge in [-0.3, -0.25) is 14.9 Å². The number of esters is 1. The van der Waals surface area contributed by atoms with Crippen molar-refractivity contribution in [1.82, 2.24) is 4.90 Å². The molecular formula is C16H19ClN2O5. The van der Waals surface area contributed by atoms with Gasteiger partial charge in [0.2, 0.25) is 0 Å². The molecule has 24 heavy (non-hydrogen) atoms. The van der Waals surface area contributed by atoms with Crippen molar-refractivity contribution in [1.29, 1.82) is 0 Å². The molecule has 0 bridgehead atoms. The number of ether oxygens (including phenoxy) is 1. The Morgan fingerprint density at radius 3 is 2.54 bits per heavy atom. The lowest BCUT2D eigenvalue weighted by atomic mass is 9.92. The van der Waals surface area contributed by atoms with Crippen LogP contribution in [0.4, 0.5) is 5.69 Å². The Labute approximate surface area is 144 Å². The van der Waals surface area contributed by atoms with Crippen LogP contribution in [0.1, 0.15) is 30.6 Å². The normalized spacial score (nSPS) is 20.5. The number of carbonyl (C=O) groups excluding carboxylic acids is 2. The van der Waals surface area contributed by atoms with E-state index in [1.54, 1.807) is 4.90 Å². The maximum absolute atomic E-state index is 12.2. The van der Waals surface area contributed by atoms with E-state index in [1.165, 1.54) is 12.1 Å². The molecule has 1 aromatic carbocycles. The van der Waals surface area contributed by atoms with E-state index in [0.717, 1.165) is 12.5 Å². The first kappa shape index (κ1) is 18.2. The van der Waals surface area contributed by atoms with Crippen LogP contribution in [0.5, 0.6) is 0 Å². The lowest BCUT2D eigenvalue weighted by Gasteiger charge is -2.34. The second-order valence-corrected chi connectivity index (χ2v) is 6.65. The minimum absolute atomic E-state index is 0.0146. The minimum Gasteiger partial charge on any atom is -0.452 e. The molecule has 0 spiro atoms. The number of rotatable bonds is 4. The fourth-order valence-corrected chi connectivity index (χ4v) is 3.13. The van der Waals surface area contributed by atoms with Crippen LogP contribution in [0.2, 0.25) is 5.02 Å². The molecule has 2 rings (SSSR count). The Kier molecular flexibility index (Phi) is 5.77. The predicted octanol–water partition coefficient (Wildman–Crippen LogP) is 2.91. The maximum atomic E-state index is 12.2. The first-order valence-electron chi connectivity index (χ1n) is 7.66. The third kappa shape index (κ3) is 4.44. The van der Waals surface area contributed by atoms with Crippen LogP contribution in [-0.2, 0) is 9.53 Å². The van der Waals surface area contributed by atoms with Gasteiger partial charge in [0.1, 0.15) is 5.02 Å². The van der Waals surface area contributed by atoms with Crippen molar-refractivity contribution in [3.63, 3.8) is 0 Å².